The summed E-state index contributed by atoms with van der Waals surface area (Å²) >= 11 is 0. The molecule has 0 atom stereocenters. The van der Waals surface area contributed by atoms with Crippen LogP contribution in [0.25, 0.3) is 33.4 Å². The molecule has 0 saturated carbocycles. The van der Waals surface area contributed by atoms with Crippen molar-refractivity contribution in [2.45, 2.75) is 0 Å². The highest BCUT2D eigenvalue weighted by atomic mass is 15.3. The average Bonchev–Trinajstić information content (AvgIpc) is 3.00. The summed E-state index contributed by atoms with van der Waals surface area (Å²) in [5, 5.41) is 15.4. The first-order chi connectivity index (χ1) is 10.8. The molecule has 0 saturated heterocycles. The predicted molar refractivity (Wildman–Crippen MR) is 87.2 cm³/mol. The zero-order valence-electron chi connectivity index (χ0n) is 12.1. The summed E-state index contributed by atoms with van der Waals surface area (Å²) in [6.45, 7) is 0. The van der Waals surface area contributed by atoms with Gasteiger partial charge in [0, 0.05) is 29.6 Å². The van der Waals surface area contributed by atoms with E-state index in [0.29, 0.717) is 0 Å². The number of benzene rings is 2. The third-order valence-electron chi connectivity index (χ3n) is 3.80. The molecule has 0 radical (unpaired) electrons. The molecule has 0 fully saturated rings. The van der Waals surface area contributed by atoms with E-state index in [9.17, 15) is 0 Å². The van der Waals surface area contributed by atoms with Gasteiger partial charge in [-0.2, -0.15) is 5.10 Å². The van der Waals surface area contributed by atoms with Crippen molar-refractivity contribution in [3.8, 4) is 22.6 Å². The predicted octanol–water partition coefficient (Wildman–Crippen LogP) is 3.70. The fraction of sp³-hybridized carbons (Fsp3) is 0.0556. The van der Waals surface area contributed by atoms with Crippen LogP contribution in [0.3, 0.4) is 0 Å². The first kappa shape index (κ1) is 12.7. The van der Waals surface area contributed by atoms with Crippen molar-refractivity contribution >= 4 is 10.8 Å². The number of hydrogen-bond acceptors (Lipinski definition) is 3. The van der Waals surface area contributed by atoms with Gasteiger partial charge in [-0.05, 0) is 6.07 Å². The monoisotopic (exact) mass is 286 g/mol. The fourth-order valence-electron chi connectivity index (χ4n) is 2.71. The second kappa shape index (κ2) is 5.07. The largest absolute Gasteiger partial charge is 0.266 e. The van der Waals surface area contributed by atoms with Crippen LogP contribution >= 0.6 is 0 Å². The summed E-state index contributed by atoms with van der Waals surface area (Å²) in [5.41, 5.74) is 3.79. The van der Waals surface area contributed by atoms with Crippen LogP contribution in [-0.2, 0) is 7.05 Å². The van der Waals surface area contributed by atoms with Crippen molar-refractivity contribution in [2.24, 2.45) is 7.05 Å². The molecule has 4 heteroatoms. The van der Waals surface area contributed by atoms with Crippen LogP contribution in [0.1, 0.15) is 0 Å². The number of aromatic nitrogens is 4. The molecule has 4 nitrogen and oxygen atoms in total. The highest BCUT2D eigenvalue weighted by Crippen LogP contribution is 2.31. The van der Waals surface area contributed by atoms with Gasteiger partial charge in [0.05, 0.1) is 5.69 Å². The van der Waals surface area contributed by atoms with Gasteiger partial charge in [0.25, 0.3) is 0 Å². The average molecular weight is 286 g/mol. The standard InChI is InChI=1S/C18H14N4/c1-22-16(11-12-19-22)18-15-10-6-5-9-14(15)17(20-21-18)13-7-3-2-4-8-13/h2-12H,1H3. The second-order valence-electron chi connectivity index (χ2n) is 5.15. The van der Waals surface area contributed by atoms with Crippen LogP contribution < -0.4 is 0 Å². The molecule has 4 aromatic rings. The van der Waals surface area contributed by atoms with Gasteiger partial charge in [0.2, 0.25) is 0 Å². The van der Waals surface area contributed by atoms with Crippen LogP contribution in [0, 0.1) is 0 Å². The number of fused-ring (bicyclic) bond motifs is 1. The lowest BCUT2D eigenvalue weighted by Gasteiger charge is -2.09. The van der Waals surface area contributed by atoms with Crippen LogP contribution in [0.5, 0.6) is 0 Å². The molecule has 0 N–H and O–H groups in total. The first-order valence-electron chi connectivity index (χ1n) is 7.14. The molecular weight excluding hydrogens is 272 g/mol. The van der Waals surface area contributed by atoms with E-state index in [4.69, 9.17) is 0 Å². The minimum Gasteiger partial charge on any atom is -0.266 e. The Kier molecular flexibility index (Phi) is 2.93. The second-order valence-corrected chi connectivity index (χ2v) is 5.15. The molecule has 0 aliphatic carbocycles. The van der Waals surface area contributed by atoms with E-state index in [1.165, 1.54) is 0 Å². The highest BCUT2D eigenvalue weighted by molar-refractivity contribution is 6.00. The molecule has 2 aromatic heterocycles. The molecule has 0 aliphatic heterocycles. The molecule has 22 heavy (non-hydrogen) atoms. The van der Waals surface area contributed by atoms with Crippen molar-refractivity contribution in [3.05, 3.63) is 66.9 Å². The van der Waals surface area contributed by atoms with E-state index >= 15 is 0 Å². The molecule has 4 rings (SSSR count). The van der Waals surface area contributed by atoms with Gasteiger partial charge in [0.1, 0.15) is 11.4 Å². The Morgan fingerprint density at radius 2 is 1.36 bits per heavy atom. The molecular formula is C18H14N4. The van der Waals surface area contributed by atoms with Crippen LogP contribution in [0.4, 0.5) is 0 Å². The minimum atomic E-state index is 0.857. The normalized spacial score (nSPS) is 11.0. The summed E-state index contributed by atoms with van der Waals surface area (Å²) in [7, 11) is 1.91. The molecule has 0 unspecified atom stereocenters. The highest BCUT2D eigenvalue weighted by Gasteiger charge is 2.13. The Morgan fingerprint density at radius 1 is 0.727 bits per heavy atom. The molecule has 2 heterocycles. The smallest absolute Gasteiger partial charge is 0.119 e. The summed E-state index contributed by atoms with van der Waals surface area (Å²) < 4.78 is 1.82. The SMILES string of the molecule is Cn1nccc1-c1nnc(-c2ccccc2)c2ccccc12. The van der Waals surface area contributed by atoms with Crippen LogP contribution in [-0.4, -0.2) is 20.0 Å². The molecule has 0 aliphatic rings. The van der Waals surface area contributed by atoms with E-state index in [0.717, 1.165) is 33.4 Å². The Bertz CT molecular complexity index is 942. The topological polar surface area (TPSA) is 43.6 Å². The maximum atomic E-state index is 4.48. The molecule has 0 amide bonds. The molecule has 106 valence electrons. The molecule has 2 aromatic carbocycles. The van der Waals surface area contributed by atoms with Gasteiger partial charge in [-0.1, -0.05) is 54.6 Å². The van der Waals surface area contributed by atoms with Crippen molar-refractivity contribution in [2.75, 3.05) is 0 Å². The van der Waals surface area contributed by atoms with E-state index in [2.05, 4.69) is 39.6 Å². The van der Waals surface area contributed by atoms with Gasteiger partial charge in [-0.3, -0.25) is 4.68 Å². The number of hydrogen-bond donors (Lipinski definition) is 0. The number of nitrogens with zero attached hydrogens (tertiary/aromatic N) is 4. The van der Waals surface area contributed by atoms with Gasteiger partial charge in [-0.15, -0.1) is 10.2 Å². The number of aryl methyl sites for hydroxylation is 1. The zero-order valence-corrected chi connectivity index (χ0v) is 12.1. The van der Waals surface area contributed by atoms with Crippen molar-refractivity contribution < 1.29 is 0 Å². The van der Waals surface area contributed by atoms with E-state index in [-0.39, 0.29) is 0 Å². The maximum absolute atomic E-state index is 4.48. The fourth-order valence-corrected chi connectivity index (χ4v) is 2.71. The van der Waals surface area contributed by atoms with Gasteiger partial charge in [-0.25, -0.2) is 0 Å². The third-order valence-corrected chi connectivity index (χ3v) is 3.80. The lowest BCUT2D eigenvalue weighted by Crippen LogP contribution is -1.99. The van der Waals surface area contributed by atoms with E-state index in [1.807, 2.05) is 48.1 Å². The van der Waals surface area contributed by atoms with Gasteiger partial charge in [0.15, 0.2) is 0 Å². The van der Waals surface area contributed by atoms with Crippen LogP contribution in [0.15, 0.2) is 66.9 Å². The van der Waals surface area contributed by atoms with Gasteiger partial charge >= 0.3 is 0 Å². The van der Waals surface area contributed by atoms with E-state index in [1.54, 1.807) is 6.20 Å². The first-order valence-corrected chi connectivity index (χ1v) is 7.14. The summed E-state index contributed by atoms with van der Waals surface area (Å²) in [5.74, 6) is 0. The molecule has 0 spiro atoms. The number of rotatable bonds is 2. The zero-order chi connectivity index (χ0) is 14.9. The third kappa shape index (κ3) is 1.97. The Labute approximate surface area is 128 Å². The van der Waals surface area contributed by atoms with Crippen molar-refractivity contribution in [1.82, 2.24) is 20.0 Å². The Morgan fingerprint density at radius 3 is 2.05 bits per heavy atom. The summed E-state index contributed by atoms with van der Waals surface area (Å²) in [6.07, 6.45) is 1.77. The minimum absolute atomic E-state index is 0.857. The quantitative estimate of drug-likeness (QED) is 0.564. The lowest BCUT2D eigenvalue weighted by atomic mass is 10.0. The Hall–Kier alpha value is -3.01. The van der Waals surface area contributed by atoms with E-state index < -0.39 is 0 Å². The van der Waals surface area contributed by atoms with Crippen LogP contribution in [0.2, 0.25) is 0 Å². The van der Waals surface area contributed by atoms with Crippen molar-refractivity contribution in [3.63, 3.8) is 0 Å². The lowest BCUT2D eigenvalue weighted by molar-refractivity contribution is 0.772. The molecule has 0 bridgehead atoms. The summed E-state index contributed by atoms with van der Waals surface area (Å²) in [4.78, 5) is 0. The van der Waals surface area contributed by atoms with Gasteiger partial charge < -0.3 is 0 Å². The Balaban J connectivity index is 2.03. The summed E-state index contributed by atoms with van der Waals surface area (Å²) in [6, 6.07) is 20.3. The van der Waals surface area contributed by atoms with Crippen molar-refractivity contribution in [1.29, 1.82) is 0 Å². The maximum Gasteiger partial charge on any atom is 0.119 e.